The standard InChI is InChI=1S/C14H17F2NO4/c1-21-10-4-2-3-9(7-10)5-6-13(18)17-11(14(19)20)8-12(15)16/h2-4,7,11-12H,5-6,8H2,1H3,(H,17,18)(H,19,20). The van der Waals surface area contributed by atoms with E-state index in [-0.39, 0.29) is 6.42 Å². The van der Waals surface area contributed by atoms with E-state index in [2.05, 4.69) is 5.32 Å². The Morgan fingerprint density at radius 2 is 2.10 bits per heavy atom. The van der Waals surface area contributed by atoms with Crippen molar-refractivity contribution >= 4 is 11.9 Å². The van der Waals surface area contributed by atoms with E-state index in [4.69, 9.17) is 9.84 Å². The number of methoxy groups -OCH3 is 1. The summed E-state index contributed by atoms with van der Waals surface area (Å²) >= 11 is 0. The lowest BCUT2D eigenvalue weighted by atomic mass is 10.1. The summed E-state index contributed by atoms with van der Waals surface area (Å²) < 4.78 is 29.4. The van der Waals surface area contributed by atoms with Gasteiger partial charge in [0.1, 0.15) is 11.8 Å². The molecule has 5 nitrogen and oxygen atoms in total. The number of carbonyl (C=O) groups is 2. The van der Waals surface area contributed by atoms with E-state index >= 15 is 0 Å². The van der Waals surface area contributed by atoms with Crippen LogP contribution in [0.25, 0.3) is 0 Å². The van der Waals surface area contributed by atoms with Crippen LogP contribution in [0.1, 0.15) is 18.4 Å². The lowest BCUT2D eigenvalue weighted by Crippen LogP contribution is -2.42. The Hall–Kier alpha value is -2.18. The van der Waals surface area contributed by atoms with Crippen molar-refractivity contribution < 1.29 is 28.2 Å². The highest BCUT2D eigenvalue weighted by molar-refractivity contribution is 5.83. The molecule has 0 bridgehead atoms. The number of carboxylic acids is 1. The van der Waals surface area contributed by atoms with Crippen LogP contribution < -0.4 is 10.1 Å². The van der Waals surface area contributed by atoms with E-state index in [0.29, 0.717) is 12.2 Å². The molecule has 0 fully saturated rings. The summed E-state index contributed by atoms with van der Waals surface area (Å²) in [5.41, 5.74) is 0.838. The monoisotopic (exact) mass is 301 g/mol. The largest absolute Gasteiger partial charge is 0.497 e. The van der Waals surface area contributed by atoms with Gasteiger partial charge in [-0.2, -0.15) is 0 Å². The van der Waals surface area contributed by atoms with Crippen LogP contribution in [-0.2, 0) is 16.0 Å². The molecule has 0 saturated heterocycles. The smallest absolute Gasteiger partial charge is 0.326 e. The van der Waals surface area contributed by atoms with Crippen LogP contribution in [-0.4, -0.2) is 36.6 Å². The Balaban J connectivity index is 2.50. The van der Waals surface area contributed by atoms with Gasteiger partial charge in [-0.1, -0.05) is 12.1 Å². The van der Waals surface area contributed by atoms with Crippen molar-refractivity contribution in [3.8, 4) is 5.75 Å². The number of alkyl halides is 2. The summed E-state index contributed by atoms with van der Waals surface area (Å²) in [5.74, 6) is -1.40. The third-order valence-corrected chi connectivity index (χ3v) is 2.82. The van der Waals surface area contributed by atoms with Crippen molar-refractivity contribution in [3.05, 3.63) is 29.8 Å². The second-order valence-electron chi connectivity index (χ2n) is 4.44. The molecule has 1 aromatic rings. The molecular weight excluding hydrogens is 284 g/mol. The number of rotatable bonds is 8. The highest BCUT2D eigenvalue weighted by Crippen LogP contribution is 2.14. The van der Waals surface area contributed by atoms with Gasteiger partial charge in [0.25, 0.3) is 0 Å². The van der Waals surface area contributed by atoms with Crippen LogP contribution in [0.15, 0.2) is 24.3 Å². The Morgan fingerprint density at radius 1 is 1.38 bits per heavy atom. The fraction of sp³-hybridized carbons (Fsp3) is 0.429. The molecule has 0 heterocycles. The highest BCUT2D eigenvalue weighted by atomic mass is 19.3. The number of carboxylic acid groups (broad SMARTS) is 1. The lowest BCUT2D eigenvalue weighted by molar-refractivity contribution is -0.143. The minimum Gasteiger partial charge on any atom is -0.497 e. The molecule has 116 valence electrons. The number of carbonyl (C=O) groups excluding carboxylic acids is 1. The normalized spacial score (nSPS) is 12.0. The molecule has 0 aromatic heterocycles. The predicted molar refractivity (Wildman–Crippen MR) is 71.5 cm³/mol. The van der Waals surface area contributed by atoms with E-state index in [0.717, 1.165) is 5.56 Å². The molecule has 0 aliphatic rings. The van der Waals surface area contributed by atoms with Gasteiger partial charge in [0.15, 0.2) is 0 Å². The fourth-order valence-corrected chi connectivity index (χ4v) is 1.75. The third kappa shape index (κ3) is 6.20. The van der Waals surface area contributed by atoms with Gasteiger partial charge in [-0.25, -0.2) is 13.6 Å². The first-order valence-electron chi connectivity index (χ1n) is 6.35. The highest BCUT2D eigenvalue weighted by Gasteiger charge is 2.23. The zero-order valence-corrected chi connectivity index (χ0v) is 11.5. The van der Waals surface area contributed by atoms with Crippen LogP contribution in [0.3, 0.4) is 0 Å². The molecule has 0 aliphatic carbocycles. The van der Waals surface area contributed by atoms with Crippen LogP contribution in [0.2, 0.25) is 0 Å². The number of benzene rings is 1. The maximum atomic E-state index is 12.2. The molecule has 1 unspecified atom stereocenters. The minimum absolute atomic E-state index is 0.0141. The number of amides is 1. The van der Waals surface area contributed by atoms with Gasteiger partial charge in [0.2, 0.25) is 12.3 Å². The molecule has 1 atom stereocenters. The number of hydrogen-bond acceptors (Lipinski definition) is 3. The number of hydrogen-bond donors (Lipinski definition) is 2. The van der Waals surface area contributed by atoms with Crippen molar-refractivity contribution in [2.45, 2.75) is 31.7 Å². The molecule has 1 amide bonds. The molecule has 0 saturated carbocycles. The van der Waals surface area contributed by atoms with Crippen molar-refractivity contribution in [2.75, 3.05) is 7.11 Å². The van der Waals surface area contributed by atoms with Gasteiger partial charge in [0.05, 0.1) is 7.11 Å². The quantitative estimate of drug-likeness (QED) is 0.768. The SMILES string of the molecule is COc1cccc(CCC(=O)NC(CC(F)F)C(=O)O)c1. The van der Waals surface area contributed by atoms with Crippen LogP contribution >= 0.6 is 0 Å². The molecule has 0 radical (unpaired) electrons. The van der Waals surface area contributed by atoms with Gasteiger partial charge >= 0.3 is 5.97 Å². The minimum atomic E-state index is -2.79. The molecule has 0 aliphatic heterocycles. The fourth-order valence-electron chi connectivity index (χ4n) is 1.75. The topological polar surface area (TPSA) is 75.6 Å². The van der Waals surface area contributed by atoms with E-state index in [9.17, 15) is 18.4 Å². The molecule has 1 aromatic carbocycles. The van der Waals surface area contributed by atoms with Crippen LogP contribution in [0.5, 0.6) is 5.75 Å². The maximum absolute atomic E-state index is 12.2. The van der Waals surface area contributed by atoms with E-state index in [1.807, 2.05) is 0 Å². The van der Waals surface area contributed by atoms with E-state index in [1.165, 1.54) is 7.11 Å². The van der Waals surface area contributed by atoms with Crippen molar-refractivity contribution in [2.24, 2.45) is 0 Å². The first kappa shape index (κ1) is 16.9. The van der Waals surface area contributed by atoms with E-state index < -0.39 is 30.8 Å². The average molecular weight is 301 g/mol. The van der Waals surface area contributed by atoms with Gasteiger partial charge in [0, 0.05) is 12.8 Å². The van der Waals surface area contributed by atoms with Crippen molar-refractivity contribution in [1.29, 1.82) is 0 Å². The molecule has 1 rings (SSSR count). The third-order valence-electron chi connectivity index (χ3n) is 2.82. The summed E-state index contributed by atoms with van der Waals surface area (Å²) in [7, 11) is 1.52. The zero-order valence-electron chi connectivity index (χ0n) is 11.5. The first-order valence-corrected chi connectivity index (χ1v) is 6.35. The lowest BCUT2D eigenvalue weighted by Gasteiger charge is -2.14. The number of aliphatic carboxylic acids is 1. The molecule has 0 spiro atoms. The summed E-state index contributed by atoms with van der Waals surface area (Å²) in [5, 5.41) is 10.9. The second-order valence-corrected chi connectivity index (χ2v) is 4.44. The molecule has 2 N–H and O–H groups in total. The van der Waals surface area contributed by atoms with E-state index in [1.54, 1.807) is 24.3 Å². The van der Waals surface area contributed by atoms with Gasteiger partial charge in [-0.3, -0.25) is 4.79 Å². The first-order chi connectivity index (χ1) is 9.92. The summed E-state index contributed by atoms with van der Waals surface area (Å²) in [4.78, 5) is 22.4. The Labute approximate surface area is 120 Å². The number of aryl methyl sites for hydroxylation is 1. The number of ether oxygens (including phenoxy) is 1. The Bertz CT molecular complexity index is 494. The Morgan fingerprint density at radius 3 is 2.67 bits per heavy atom. The van der Waals surface area contributed by atoms with Crippen molar-refractivity contribution in [3.63, 3.8) is 0 Å². The van der Waals surface area contributed by atoms with Crippen LogP contribution in [0, 0.1) is 0 Å². The predicted octanol–water partition coefficient (Wildman–Crippen LogP) is 1.85. The van der Waals surface area contributed by atoms with Gasteiger partial charge in [-0.15, -0.1) is 0 Å². The molecular formula is C14H17F2NO4. The van der Waals surface area contributed by atoms with Crippen molar-refractivity contribution in [1.82, 2.24) is 5.32 Å². The summed E-state index contributed by atoms with van der Waals surface area (Å²) in [6.45, 7) is 0. The Kier molecular flexibility index (Phi) is 6.58. The second kappa shape index (κ2) is 8.18. The molecule has 21 heavy (non-hydrogen) atoms. The number of nitrogens with one attached hydrogen (secondary N) is 1. The molecule has 7 heteroatoms. The zero-order chi connectivity index (χ0) is 15.8. The summed E-state index contributed by atoms with van der Waals surface area (Å²) in [6.07, 6.45) is -3.31. The van der Waals surface area contributed by atoms with Gasteiger partial charge < -0.3 is 15.2 Å². The number of halogens is 2. The summed E-state index contributed by atoms with van der Waals surface area (Å²) in [6, 6.07) is 5.50. The maximum Gasteiger partial charge on any atom is 0.326 e. The average Bonchev–Trinajstić information content (AvgIpc) is 2.44. The van der Waals surface area contributed by atoms with Crippen LogP contribution in [0.4, 0.5) is 8.78 Å². The van der Waals surface area contributed by atoms with Gasteiger partial charge in [-0.05, 0) is 24.1 Å².